The largest absolute Gasteiger partial charge is 0.451 e. The van der Waals surface area contributed by atoms with Gasteiger partial charge in [-0.05, 0) is 38.8 Å². The predicted molar refractivity (Wildman–Crippen MR) is 90.8 cm³/mol. The molecule has 2 aromatic rings. The maximum Gasteiger partial charge on any atom is 0.451 e. The van der Waals surface area contributed by atoms with E-state index in [0.717, 1.165) is 25.9 Å². The Morgan fingerprint density at radius 2 is 2.04 bits per heavy atom. The highest BCUT2D eigenvalue weighted by atomic mass is 19.4. The molecular formula is C16H23F3N6O. The molecule has 3 rings (SSSR count). The second kappa shape index (κ2) is 7.36. The van der Waals surface area contributed by atoms with E-state index >= 15 is 0 Å². The van der Waals surface area contributed by atoms with E-state index in [2.05, 4.69) is 24.8 Å². The summed E-state index contributed by atoms with van der Waals surface area (Å²) in [5.74, 6) is -0.607. The molecule has 0 amide bonds. The zero-order chi connectivity index (χ0) is 18.9. The molecule has 1 aliphatic rings. The van der Waals surface area contributed by atoms with Crippen LogP contribution in [-0.4, -0.2) is 69.3 Å². The number of nitrogens with one attached hydrogen (secondary N) is 1. The zero-order valence-corrected chi connectivity index (χ0v) is 14.8. The Balaban J connectivity index is 1.72. The van der Waals surface area contributed by atoms with Crippen molar-refractivity contribution in [3.63, 3.8) is 0 Å². The second-order valence-corrected chi connectivity index (χ2v) is 6.94. The minimum Gasteiger partial charge on any atom is -0.392 e. The Hall–Kier alpha value is -1.94. The van der Waals surface area contributed by atoms with Crippen LogP contribution in [0.2, 0.25) is 0 Å². The minimum absolute atomic E-state index is 0.0147. The number of rotatable bonds is 5. The molecule has 0 spiro atoms. The van der Waals surface area contributed by atoms with Crippen LogP contribution in [0.15, 0.2) is 6.33 Å². The van der Waals surface area contributed by atoms with E-state index in [0.29, 0.717) is 24.5 Å². The van der Waals surface area contributed by atoms with Gasteiger partial charge in [0.05, 0.1) is 12.4 Å². The van der Waals surface area contributed by atoms with Crippen molar-refractivity contribution in [3.8, 4) is 0 Å². The number of aromatic amines is 1. The average molecular weight is 372 g/mol. The fourth-order valence-electron chi connectivity index (χ4n) is 3.42. The zero-order valence-electron chi connectivity index (χ0n) is 14.8. The topological polar surface area (TPSA) is 81.2 Å². The van der Waals surface area contributed by atoms with Crippen LogP contribution in [0.25, 0.3) is 11.2 Å². The van der Waals surface area contributed by atoms with Gasteiger partial charge in [0.1, 0.15) is 5.52 Å². The summed E-state index contributed by atoms with van der Waals surface area (Å²) in [4.78, 5) is 17.9. The van der Waals surface area contributed by atoms with Gasteiger partial charge in [0.25, 0.3) is 0 Å². The summed E-state index contributed by atoms with van der Waals surface area (Å²) in [6.07, 6.45) is -1.79. The number of nitrogens with zero attached hydrogens (tertiary/aromatic N) is 5. The molecule has 10 heteroatoms. The van der Waals surface area contributed by atoms with Gasteiger partial charge < -0.3 is 19.9 Å². The highest BCUT2D eigenvalue weighted by Crippen LogP contribution is 2.31. The first-order chi connectivity index (χ1) is 12.2. The van der Waals surface area contributed by atoms with Crippen molar-refractivity contribution >= 4 is 17.0 Å². The number of fused-ring (bicyclic) bond motifs is 1. The number of aromatic nitrogens is 4. The molecule has 1 saturated heterocycles. The van der Waals surface area contributed by atoms with Gasteiger partial charge in [0.2, 0.25) is 5.82 Å². The molecule has 2 N–H and O–H groups in total. The molecule has 0 bridgehead atoms. The fourth-order valence-corrected chi connectivity index (χ4v) is 3.42. The fraction of sp³-hybridized carbons (Fsp3) is 0.688. The number of β-amino-alcohol motifs (C(OH)–C–C–N with tert-alkyl or cyclic N) is 1. The van der Waals surface area contributed by atoms with Crippen molar-refractivity contribution in [2.45, 2.75) is 32.0 Å². The van der Waals surface area contributed by atoms with Crippen molar-refractivity contribution in [3.05, 3.63) is 12.2 Å². The third-order valence-corrected chi connectivity index (χ3v) is 4.64. The lowest BCUT2D eigenvalue weighted by Crippen LogP contribution is -2.40. The van der Waals surface area contributed by atoms with Crippen molar-refractivity contribution in [2.24, 2.45) is 5.92 Å². The van der Waals surface area contributed by atoms with Crippen LogP contribution in [0, 0.1) is 5.92 Å². The van der Waals surface area contributed by atoms with Crippen molar-refractivity contribution in [2.75, 3.05) is 38.1 Å². The summed E-state index contributed by atoms with van der Waals surface area (Å²) in [5, 5.41) is 9.47. The van der Waals surface area contributed by atoms with Crippen LogP contribution >= 0.6 is 0 Å². The number of halogens is 3. The van der Waals surface area contributed by atoms with Crippen molar-refractivity contribution < 1.29 is 18.3 Å². The maximum absolute atomic E-state index is 13.1. The van der Waals surface area contributed by atoms with Crippen LogP contribution in [0.3, 0.4) is 0 Å². The van der Waals surface area contributed by atoms with Gasteiger partial charge in [-0.1, -0.05) is 0 Å². The van der Waals surface area contributed by atoms with Gasteiger partial charge in [-0.2, -0.15) is 13.2 Å². The summed E-state index contributed by atoms with van der Waals surface area (Å²) in [6, 6.07) is 0. The molecule has 144 valence electrons. The van der Waals surface area contributed by atoms with Crippen LogP contribution < -0.4 is 4.90 Å². The van der Waals surface area contributed by atoms with Crippen molar-refractivity contribution in [1.29, 1.82) is 0 Å². The van der Waals surface area contributed by atoms with E-state index in [1.807, 2.05) is 0 Å². The third-order valence-electron chi connectivity index (χ3n) is 4.64. The first-order valence-corrected chi connectivity index (χ1v) is 8.64. The Morgan fingerprint density at radius 3 is 2.65 bits per heavy atom. The van der Waals surface area contributed by atoms with E-state index < -0.39 is 12.0 Å². The standard InChI is InChI=1S/C16H23F3N6O/c1-10(26)7-25-5-3-11(4-6-25)8-24(2)14-12-13(21-9-20-12)22-15(23-14)16(17,18)19/h9-11,26H,3-8H2,1-2H3,(H,20,21,22,23). The number of hydrogen-bond donors (Lipinski definition) is 2. The SMILES string of the molecule is CC(O)CN1CCC(CN(C)c2nc(C(F)(F)F)nc3nc[nH]c23)CC1. The van der Waals surface area contributed by atoms with E-state index in [4.69, 9.17) is 0 Å². The van der Waals surface area contributed by atoms with Crippen molar-refractivity contribution in [1.82, 2.24) is 24.8 Å². The summed E-state index contributed by atoms with van der Waals surface area (Å²) in [6.45, 7) is 4.77. The van der Waals surface area contributed by atoms with E-state index in [1.165, 1.54) is 6.33 Å². The van der Waals surface area contributed by atoms with Gasteiger partial charge >= 0.3 is 6.18 Å². The summed E-state index contributed by atoms with van der Waals surface area (Å²) in [5.41, 5.74) is 0.424. The number of aliphatic hydroxyl groups is 1. The number of hydrogen-bond acceptors (Lipinski definition) is 6. The number of H-pyrrole nitrogens is 1. The van der Waals surface area contributed by atoms with Gasteiger partial charge in [0.15, 0.2) is 11.5 Å². The lowest BCUT2D eigenvalue weighted by atomic mass is 9.96. The maximum atomic E-state index is 13.1. The van der Waals surface area contributed by atoms with Crippen LogP contribution in [0.1, 0.15) is 25.6 Å². The molecule has 3 heterocycles. The third kappa shape index (κ3) is 4.24. The second-order valence-electron chi connectivity index (χ2n) is 6.94. The Morgan fingerprint density at radius 1 is 1.35 bits per heavy atom. The summed E-state index contributed by atoms with van der Waals surface area (Å²) < 4.78 is 39.2. The number of imidazole rings is 1. The molecule has 0 saturated carbocycles. The number of alkyl halides is 3. The Bertz CT molecular complexity index is 739. The minimum atomic E-state index is -4.62. The predicted octanol–water partition coefficient (Wildman–Crippen LogP) is 1.90. The Kier molecular flexibility index (Phi) is 5.33. The van der Waals surface area contributed by atoms with Crippen LogP contribution in [0.5, 0.6) is 0 Å². The highest BCUT2D eigenvalue weighted by molar-refractivity contribution is 5.83. The molecule has 2 aromatic heterocycles. The molecule has 1 aliphatic heterocycles. The molecule has 1 fully saturated rings. The quantitative estimate of drug-likeness (QED) is 0.834. The van der Waals surface area contributed by atoms with Gasteiger partial charge in [0, 0.05) is 20.1 Å². The molecule has 1 atom stereocenters. The number of piperidine rings is 1. The summed E-state index contributed by atoms with van der Waals surface area (Å²) >= 11 is 0. The Labute approximate surface area is 149 Å². The van der Waals surface area contributed by atoms with Gasteiger partial charge in [-0.25, -0.2) is 15.0 Å². The molecule has 7 nitrogen and oxygen atoms in total. The van der Waals surface area contributed by atoms with E-state index in [-0.39, 0.29) is 17.6 Å². The normalized spacial score (nSPS) is 18.4. The average Bonchev–Trinajstić information content (AvgIpc) is 3.03. The smallest absolute Gasteiger partial charge is 0.392 e. The van der Waals surface area contributed by atoms with E-state index in [9.17, 15) is 18.3 Å². The number of anilines is 1. The first-order valence-electron chi connectivity index (χ1n) is 8.64. The van der Waals surface area contributed by atoms with Crippen LogP contribution in [0.4, 0.5) is 19.0 Å². The molecule has 0 aliphatic carbocycles. The lowest BCUT2D eigenvalue weighted by Gasteiger charge is -2.34. The molecular weight excluding hydrogens is 349 g/mol. The molecule has 1 unspecified atom stereocenters. The molecule has 26 heavy (non-hydrogen) atoms. The lowest BCUT2D eigenvalue weighted by molar-refractivity contribution is -0.144. The van der Waals surface area contributed by atoms with E-state index in [1.54, 1.807) is 18.9 Å². The van der Waals surface area contributed by atoms with Crippen LogP contribution in [-0.2, 0) is 6.18 Å². The number of aliphatic hydroxyl groups excluding tert-OH is 1. The highest BCUT2D eigenvalue weighted by Gasteiger charge is 2.36. The summed E-state index contributed by atoms with van der Waals surface area (Å²) in [7, 11) is 1.74. The molecule has 0 radical (unpaired) electrons. The van der Waals surface area contributed by atoms with Gasteiger partial charge in [-0.15, -0.1) is 0 Å². The number of likely N-dealkylation sites (tertiary alicyclic amines) is 1. The molecule has 0 aromatic carbocycles. The van der Waals surface area contributed by atoms with Gasteiger partial charge in [-0.3, -0.25) is 0 Å². The monoisotopic (exact) mass is 372 g/mol. The first kappa shape index (κ1) is 18.8.